The first-order valence-electron chi connectivity index (χ1n) is 6.78. The molecular weight excluding hydrogens is 246 g/mol. The van der Waals surface area contributed by atoms with Crippen LogP contribution in [0.5, 0.6) is 0 Å². The van der Waals surface area contributed by atoms with Crippen molar-refractivity contribution in [1.29, 1.82) is 0 Å². The number of amides is 1. The Bertz CT molecular complexity index is 404. The van der Waals surface area contributed by atoms with Gasteiger partial charge in [0.25, 0.3) is 0 Å². The number of hydrogen-bond donors (Lipinski definition) is 3. The fraction of sp³-hybridized carbons (Fsp3) is 0.714. The molecule has 19 heavy (non-hydrogen) atoms. The van der Waals surface area contributed by atoms with Crippen molar-refractivity contribution in [3.05, 3.63) is 12.2 Å². The zero-order chi connectivity index (χ0) is 14.2. The summed E-state index contributed by atoms with van der Waals surface area (Å²) in [6, 6.07) is 0. The van der Waals surface area contributed by atoms with Crippen LogP contribution in [-0.2, 0) is 9.59 Å². The Morgan fingerprint density at radius 3 is 2.37 bits per heavy atom. The highest BCUT2D eigenvalue weighted by molar-refractivity contribution is 5.86. The number of nitrogens with one attached hydrogen (secondary N) is 1. The van der Waals surface area contributed by atoms with Gasteiger partial charge >= 0.3 is 5.97 Å². The maximum Gasteiger partial charge on any atom is 0.307 e. The number of carbonyl (C=O) groups excluding carboxylic acids is 1. The molecule has 2 aliphatic carbocycles. The van der Waals surface area contributed by atoms with Gasteiger partial charge in [-0.15, -0.1) is 0 Å². The Kier molecular flexibility index (Phi) is 3.94. The molecule has 0 aromatic carbocycles. The average Bonchev–Trinajstić information content (AvgIpc) is 2.94. The van der Waals surface area contributed by atoms with E-state index in [0.717, 1.165) is 6.42 Å². The SMILES string of the molecule is CC(C)C(O)CNC(=O)[C@H]1C2C=CC(C2)[C@H]1C(=O)O. The van der Waals surface area contributed by atoms with Gasteiger partial charge in [0.1, 0.15) is 0 Å². The second-order valence-corrected chi connectivity index (χ2v) is 5.89. The third-order valence-corrected chi connectivity index (χ3v) is 4.30. The van der Waals surface area contributed by atoms with Gasteiger partial charge in [0.2, 0.25) is 5.91 Å². The van der Waals surface area contributed by atoms with Crippen LogP contribution >= 0.6 is 0 Å². The van der Waals surface area contributed by atoms with Crippen molar-refractivity contribution in [3.63, 3.8) is 0 Å². The molecule has 5 atom stereocenters. The van der Waals surface area contributed by atoms with Crippen molar-refractivity contribution in [2.75, 3.05) is 6.54 Å². The van der Waals surface area contributed by atoms with Crippen molar-refractivity contribution < 1.29 is 19.8 Å². The molecule has 1 amide bonds. The molecule has 1 saturated carbocycles. The van der Waals surface area contributed by atoms with Gasteiger partial charge in [-0.1, -0.05) is 26.0 Å². The molecule has 5 nitrogen and oxygen atoms in total. The van der Waals surface area contributed by atoms with E-state index in [-0.39, 0.29) is 30.2 Å². The number of hydrogen-bond acceptors (Lipinski definition) is 3. The van der Waals surface area contributed by atoms with Gasteiger partial charge in [0, 0.05) is 6.54 Å². The third kappa shape index (κ3) is 2.66. The molecule has 0 aromatic rings. The Hall–Kier alpha value is -1.36. The highest BCUT2D eigenvalue weighted by Gasteiger charge is 2.51. The minimum Gasteiger partial charge on any atom is -0.481 e. The molecule has 2 aliphatic rings. The van der Waals surface area contributed by atoms with Gasteiger partial charge < -0.3 is 15.5 Å². The number of carboxylic acid groups (broad SMARTS) is 1. The molecule has 0 spiro atoms. The minimum absolute atomic E-state index is 0.0201. The molecule has 0 radical (unpaired) electrons. The number of allylic oxidation sites excluding steroid dienone is 2. The van der Waals surface area contributed by atoms with E-state index < -0.39 is 23.9 Å². The van der Waals surface area contributed by atoms with Gasteiger partial charge in [-0.25, -0.2) is 0 Å². The maximum absolute atomic E-state index is 12.2. The summed E-state index contributed by atoms with van der Waals surface area (Å²) in [7, 11) is 0. The summed E-state index contributed by atoms with van der Waals surface area (Å²) < 4.78 is 0. The van der Waals surface area contributed by atoms with Gasteiger partial charge in [-0.05, 0) is 24.2 Å². The zero-order valence-corrected chi connectivity index (χ0v) is 11.2. The topological polar surface area (TPSA) is 86.6 Å². The Balaban J connectivity index is 1.98. The van der Waals surface area contributed by atoms with Crippen LogP contribution in [0.3, 0.4) is 0 Å². The van der Waals surface area contributed by atoms with E-state index in [2.05, 4.69) is 5.32 Å². The second kappa shape index (κ2) is 5.33. The minimum atomic E-state index is -0.901. The molecule has 2 rings (SSSR count). The lowest BCUT2D eigenvalue weighted by atomic mass is 9.82. The standard InChI is InChI=1S/C14H21NO4/c1-7(2)10(16)6-15-13(17)11-8-3-4-9(5-8)12(11)14(18)19/h3-4,7-12,16H,5-6H2,1-2H3,(H,15,17)(H,18,19)/t8?,9?,10?,11-,12+/m0/s1. The van der Waals surface area contributed by atoms with Gasteiger partial charge in [0.15, 0.2) is 0 Å². The molecule has 0 heterocycles. The van der Waals surface area contributed by atoms with Gasteiger partial charge in [-0.3, -0.25) is 9.59 Å². The van der Waals surface area contributed by atoms with E-state index in [4.69, 9.17) is 0 Å². The van der Waals surface area contributed by atoms with Crippen LogP contribution in [0.1, 0.15) is 20.3 Å². The predicted octanol–water partition coefficient (Wildman–Crippen LogP) is 0.642. The summed E-state index contributed by atoms with van der Waals surface area (Å²) in [5.41, 5.74) is 0. The van der Waals surface area contributed by atoms with E-state index in [9.17, 15) is 19.8 Å². The van der Waals surface area contributed by atoms with Crippen molar-refractivity contribution in [1.82, 2.24) is 5.32 Å². The second-order valence-electron chi connectivity index (χ2n) is 5.89. The number of fused-ring (bicyclic) bond motifs is 2. The number of rotatable bonds is 5. The van der Waals surface area contributed by atoms with Crippen LogP contribution in [-0.4, -0.2) is 34.7 Å². The fourth-order valence-electron chi connectivity index (χ4n) is 3.08. The fourth-order valence-corrected chi connectivity index (χ4v) is 3.08. The quantitative estimate of drug-likeness (QED) is 0.638. The maximum atomic E-state index is 12.2. The van der Waals surface area contributed by atoms with Crippen LogP contribution in [0, 0.1) is 29.6 Å². The average molecular weight is 267 g/mol. The van der Waals surface area contributed by atoms with Crippen LogP contribution in [0.15, 0.2) is 12.2 Å². The van der Waals surface area contributed by atoms with Crippen molar-refractivity contribution in [2.45, 2.75) is 26.4 Å². The first-order valence-corrected chi connectivity index (χ1v) is 6.78. The molecule has 5 heteroatoms. The molecule has 2 bridgehead atoms. The Morgan fingerprint density at radius 1 is 1.26 bits per heavy atom. The summed E-state index contributed by atoms with van der Waals surface area (Å²) >= 11 is 0. The molecule has 3 unspecified atom stereocenters. The highest BCUT2D eigenvalue weighted by atomic mass is 16.4. The van der Waals surface area contributed by atoms with E-state index in [1.807, 2.05) is 26.0 Å². The van der Waals surface area contributed by atoms with E-state index >= 15 is 0 Å². The number of aliphatic hydroxyl groups excluding tert-OH is 1. The lowest BCUT2D eigenvalue weighted by Crippen LogP contribution is -2.43. The number of aliphatic hydroxyl groups is 1. The molecule has 1 fully saturated rings. The van der Waals surface area contributed by atoms with Crippen molar-refractivity contribution in [2.24, 2.45) is 29.6 Å². The lowest BCUT2D eigenvalue weighted by molar-refractivity contribution is -0.147. The van der Waals surface area contributed by atoms with E-state index in [1.165, 1.54) is 0 Å². The normalized spacial score (nSPS) is 33.7. The summed E-state index contributed by atoms with van der Waals surface area (Å²) in [6.07, 6.45) is 4.02. The molecule has 0 aromatic heterocycles. The van der Waals surface area contributed by atoms with E-state index in [1.54, 1.807) is 0 Å². The largest absolute Gasteiger partial charge is 0.481 e. The molecule has 3 N–H and O–H groups in total. The van der Waals surface area contributed by atoms with Gasteiger partial charge in [0.05, 0.1) is 17.9 Å². The molecule has 0 aliphatic heterocycles. The number of aliphatic carboxylic acids is 1. The zero-order valence-electron chi connectivity index (χ0n) is 11.2. The van der Waals surface area contributed by atoms with Crippen molar-refractivity contribution in [3.8, 4) is 0 Å². The van der Waals surface area contributed by atoms with Gasteiger partial charge in [-0.2, -0.15) is 0 Å². The molecule has 106 valence electrons. The monoisotopic (exact) mass is 267 g/mol. The highest BCUT2D eigenvalue weighted by Crippen LogP contribution is 2.48. The number of carbonyl (C=O) groups is 2. The predicted molar refractivity (Wildman–Crippen MR) is 69.2 cm³/mol. The van der Waals surface area contributed by atoms with Crippen LogP contribution in [0.4, 0.5) is 0 Å². The van der Waals surface area contributed by atoms with Crippen LogP contribution in [0.2, 0.25) is 0 Å². The number of carboxylic acids is 1. The van der Waals surface area contributed by atoms with Crippen LogP contribution in [0.25, 0.3) is 0 Å². The smallest absolute Gasteiger partial charge is 0.307 e. The summed E-state index contributed by atoms with van der Waals surface area (Å²) in [5.74, 6) is -2.19. The summed E-state index contributed by atoms with van der Waals surface area (Å²) in [5, 5.41) is 21.6. The first-order chi connectivity index (χ1) is 8.91. The van der Waals surface area contributed by atoms with E-state index in [0.29, 0.717) is 0 Å². The first kappa shape index (κ1) is 14.1. The summed E-state index contributed by atoms with van der Waals surface area (Å²) in [4.78, 5) is 23.4. The van der Waals surface area contributed by atoms with Crippen LogP contribution < -0.4 is 5.32 Å². The van der Waals surface area contributed by atoms with Crippen molar-refractivity contribution >= 4 is 11.9 Å². The molecular formula is C14H21NO4. The lowest BCUT2D eigenvalue weighted by Gasteiger charge is -2.25. The summed E-state index contributed by atoms with van der Waals surface area (Å²) in [6.45, 7) is 3.93. The Labute approximate surface area is 112 Å². The third-order valence-electron chi connectivity index (χ3n) is 4.30. The molecule has 0 saturated heterocycles. The Morgan fingerprint density at radius 2 is 1.84 bits per heavy atom.